The molecule has 0 amide bonds. The molecule has 3 heteroatoms. The maximum Gasteiger partial charge on any atom is 0.117 e. The number of aromatic nitrogens is 2. The molecule has 1 aliphatic rings. The first kappa shape index (κ1) is 28.7. The lowest BCUT2D eigenvalue weighted by Crippen LogP contribution is -2.37. The van der Waals surface area contributed by atoms with E-state index < -0.39 is 5.41 Å². The lowest BCUT2D eigenvalue weighted by atomic mass is 9.62. The van der Waals surface area contributed by atoms with Gasteiger partial charge in [0.1, 0.15) is 11.4 Å². The summed E-state index contributed by atoms with van der Waals surface area (Å²) < 4.78 is 2.12. The highest BCUT2D eigenvalue weighted by Gasteiger charge is 2.47. The minimum atomic E-state index is -0.554. The zero-order valence-corrected chi connectivity index (χ0v) is 26.9. The molecular weight excluding hydrogens is 595 g/mol. The summed E-state index contributed by atoms with van der Waals surface area (Å²) in [5.74, 6) is 0. The van der Waals surface area contributed by atoms with Gasteiger partial charge < -0.3 is 4.90 Å². The number of benzene rings is 7. The molecule has 0 saturated carbocycles. The van der Waals surface area contributed by atoms with Crippen molar-refractivity contribution in [2.45, 2.75) is 5.41 Å². The van der Waals surface area contributed by atoms with E-state index in [9.17, 15) is 0 Å². The van der Waals surface area contributed by atoms with E-state index in [1.807, 2.05) is 0 Å². The maximum absolute atomic E-state index is 5.48. The van der Waals surface area contributed by atoms with Crippen LogP contribution in [0.1, 0.15) is 22.3 Å². The fourth-order valence-electron chi connectivity index (χ4n) is 7.68. The fraction of sp³-hybridized carbons (Fsp3) is 0.0217. The molecule has 0 aliphatic carbocycles. The quantitative estimate of drug-likeness (QED) is 0.183. The molecule has 1 aliphatic heterocycles. The van der Waals surface area contributed by atoms with Crippen LogP contribution in [0.2, 0.25) is 0 Å². The average Bonchev–Trinajstić information content (AvgIpc) is 3.59. The van der Waals surface area contributed by atoms with Crippen molar-refractivity contribution in [2.24, 2.45) is 0 Å². The summed E-state index contributed by atoms with van der Waals surface area (Å²) in [5.41, 5.74) is 12.7. The highest BCUT2D eigenvalue weighted by Crippen LogP contribution is 2.59. The monoisotopic (exact) mass is 627 g/mol. The van der Waals surface area contributed by atoms with Crippen molar-refractivity contribution in [3.63, 3.8) is 0 Å². The second-order valence-corrected chi connectivity index (χ2v) is 12.4. The second kappa shape index (κ2) is 12.0. The molecule has 8 aromatic rings. The zero-order chi connectivity index (χ0) is 32.6. The summed E-state index contributed by atoms with van der Waals surface area (Å²) >= 11 is 0. The molecule has 2 heterocycles. The van der Waals surface area contributed by atoms with Gasteiger partial charge in [0, 0.05) is 11.1 Å². The van der Waals surface area contributed by atoms with Crippen molar-refractivity contribution in [2.75, 3.05) is 4.90 Å². The summed E-state index contributed by atoms with van der Waals surface area (Å²) in [6.45, 7) is 0. The average molecular weight is 628 g/mol. The third-order valence-electron chi connectivity index (χ3n) is 9.69. The van der Waals surface area contributed by atoms with Crippen LogP contribution in [-0.4, -0.2) is 9.78 Å². The standard InChI is InChI=1S/C46H33N3/c1-6-20-34(21-7-1)43-45(44(35-22-8-2-9-23-35)49(47-43)38-28-14-5-15-29-38)48-41-32-18-16-30-39(41)46(36-24-10-3-11-25-36,37-26-12-4-13-27-37)40-31-17-19-33-42(40)48/h1-33H. The lowest BCUT2D eigenvalue weighted by Gasteiger charge is -2.46. The van der Waals surface area contributed by atoms with Gasteiger partial charge in [0.25, 0.3) is 0 Å². The molecule has 0 bridgehead atoms. The van der Waals surface area contributed by atoms with Gasteiger partial charge in [-0.15, -0.1) is 0 Å². The largest absolute Gasteiger partial charge is 0.306 e. The van der Waals surface area contributed by atoms with E-state index in [2.05, 4.69) is 210 Å². The number of fused-ring (bicyclic) bond motifs is 2. The number of hydrogen-bond donors (Lipinski definition) is 0. The topological polar surface area (TPSA) is 21.1 Å². The van der Waals surface area contributed by atoms with Crippen LogP contribution >= 0.6 is 0 Å². The maximum atomic E-state index is 5.48. The number of rotatable bonds is 6. The van der Waals surface area contributed by atoms with E-state index in [0.29, 0.717) is 0 Å². The van der Waals surface area contributed by atoms with Gasteiger partial charge in [-0.3, -0.25) is 0 Å². The van der Waals surface area contributed by atoms with Crippen molar-refractivity contribution < 1.29 is 0 Å². The minimum Gasteiger partial charge on any atom is -0.306 e. The first-order chi connectivity index (χ1) is 24.4. The highest BCUT2D eigenvalue weighted by molar-refractivity contribution is 5.99. The molecule has 232 valence electrons. The molecule has 49 heavy (non-hydrogen) atoms. The Morgan fingerprint density at radius 2 is 0.796 bits per heavy atom. The Bertz CT molecular complexity index is 2280. The predicted octanol–water partition coefficient (Wildman–Crippen LogP) is 11.4. The fourth-order valence-corrected chi connectivity index (χ4v) is 7.68. The smallest absolute Gasteiger partial charge is 0.117 e. The van der Waals surface area contributed by atoms with Crippen LogP contribution in [0, 0.1) is 0 Å². The molecule has 0 radical (unpaired) electrons. The summed E-state index contributed by atoms with van der Waals surface area (Å²) in [5, 5.41) is 5.48. The molecule has 0 spiro atoms. The Balaban J connectivity index is 1.44. The lowest BCUT2D eigenvalue weighted by molar-refractivity contribution is 0.731. The van der Waals surface area contributed by atoms with Crippen molar-refractivity contribution in [3.8, 4) is 28.2 Å². The van der Waals surface area contributed by atoms with Gasteiger partial charge in [0.2, 0.25) is 0 Å². The van der Waals surface area contributed by atoms with Crippen LogP contribution < -0.4 is 4.90 Å². The van der Waals surface area contributed by atoms with Crippen molar-refractivity contribution in [1.82, 2.24) is 9.78 Å². The van der Waals surface area contributed by atoms with Crippen molar-refractivity contribution in [3.05, 3.63) is 222 Å². The van der Waals surface area contributed by atoms with E-state index in [-0.39, 0.29) is 0 Å². The molecular formula is C46H33N3. The third kappa shape index (κ3) is 4.55. The van der Waals surface area contributed by atoms with Crippen molar-refractivity contribution >= 4 is 17.1 Å². The Morgan fingerprint density at radius 3 is 1.31 bits per heavy atom. The molecule has 0 fully saturated rings. The van der Waals surface area contributed by atoms with Gasteiger partial charge in [0.15, 0.2) is 0 Å². The van der Waals surface area contributed by atoms with Crippen LogP contribution in [-0.2, 0) is 5.41 Å². The Morgan fingerprint density at radius 1 is 0.388 bits per heavy atom. The van der Waals surface area contributed by atoms with E-state index in [0.717, 1.165) is 45.3 Å². The molecule has 1 aromatic heterocycles. The van der Waals surface area contributed by atoms with E-state index in [1.165, 1.54) is 22.3 Å². The van der Waals surface area contributed by atoms with Gasteiger partial charge in [0.05, 0.1) is 28.2 Å². The Kier molecular flexibility index (Phi) is 7.02. The highest BCUT2D eigenvalue weighted by atomic mass is 15.3. The van der Waals surface area contributed by atoms with E-state index in [4.69, 9.17) is 5.10 Å². The number of hydrogen-bond acceptors (Lipinski definition) is 2. The van der Waals surface area contributed by atoms with Crippen LogP contribution in [0.25, 0.3) is 28.2 Å². The van der Waals surface area contributed by atoms with Gasteiger partial charge in [-0.25, -0.2) is 4.68 Å². The second-order valence-electron chi connectivity index (χ2n) is 12.4. The SMILES string of the molecule is c1ccc(-c2nn(-c3ccccc3)c(-c3ccccc3)c2N2c3ccccc3C(c3ccccc3)(c3ccccc3)c3ccccc32)cc1. The molecule has 9 rings (SSSR count). The molecule has 3 nitrogen and oxygen atoms in total. The first-order valence-electron chi connectivity index (χ1n) is 16.7. The summed E-state index contributed by atoms with van der Waals surface area (Å²) in [6, 6.07) is 71.5. The molecule has 0 unspecified atom stereocenters. The minimum absolute atomic E-state index is 0.554. The van der Waals surface area contributed by atoms with Gasteiger partial charge >= 0.3 is 0 Å². The zero-order valence-electron chi connectivity index (χ0n) is 26.9. The normalized spacial score (nSPS) is 13.0. The summed E-state index contributed by atoms with van der Waals surface area (Å²) in [4.78, 5) is 2.46. The van der Waals surface area contributed by atoms with Crippen LogP contribution in [0.4, 0.5) is 17.1 Å². The van der Waals surface area contributed by atoms with E-state index in [1.54, 1.807) is 0 Å². The molecule has 0 saturated heterocycles. The van der Waals surface area contributed by atoms with Gasteiger partial charge in [-0.1, -0.05) is 176 Å². The van der Waals surface area contributed by atoms with Crippen LogP contribution in [0.15, 0.2) is 200 Å². The number of anilines is 3. The number of para-hydroxylation sites is 3. The summed E-state index contributed by atoms with van der Waals surface area (Å²) in [6.07, 6.45) is 0. The van der Waals surface area contributed by atoms with Crippen LogP contribution in [0.3, 0.4) is 0 Å². The molecule has 7 aromatic carbocycles. The van der Waals surface area contributed by atoms with Crippen LogP contribution in [0.5, 0.6) is 0 Å². The first-order valence-corrected chi connectivity index (χ1v) is 16.7. The molecule has 0 atom stereocenters. The van der Waals surface area contributed by atoms with Gasteiger partial charge in [-0.2, -0.15) is 5.10 Å². The summed E-state index contributed by atoms with van der Waals surface area (Å²) in [7, 11) is 0. The van der Waals surface area contributed by atoms with E-state index >= 15 is 0 Å². The Labute approximate surface area is 287 Å². The van der Waals surface area contributed by atoms with Gasteiger partial charge in [-0.05, 0) is 46.5 Å². The Hall–Kier alpha value is -6.45. The van der Waals surface area contributed by atoms with Crippen molar-refractivity contribution in [1.29, 1.82) is 0 Å². The number of nitrogens with zero attached hydrogens (tertiary/aromatic N) is 3. The molecule has 0 N–H and O–H groups in total. The third-order valence-corrected chi connectivity index (χ3v) is 9.69. The predicted molar refractivity (Wildman–Crippen MR) is 201 cm³/mol.